The molecule has 0 aromatic heterocycles. The molecule has 3 aromatic rings. The van der Waals surface area contributed by atoms with Crippen molar-refractivity contribution in [3.8, 4) is 0 Å². The molecule has 1 atom stereocenters. The molecule has 0 aliphatic carbocycles. The molecule has 0 fully saturated rings. The fourth-order valence-corrected chi connectivity index (χ4v) is 3.68. The maximum absolute atomic E-state index is 13.5. The molecule has 0 saturated heterocycles. The van der Waals surface area contributed by atoms with Gasteiger partial charge in [0.25, 0.3) is 5.91 Å². The summed E-state index contributed by atoms with van der Waals surface area (Å²) in [5, 5.41) is 2.83. The third-order valence-corrected chi connectivity index (χ3v) is 5.40. The lowest BCUT2D eigenvalue weighted by molar-refractivity contribution is -0.131. The van der Waals surface area contributed by atoms with E-state index < -0.39 is 11.7 Å². The van der Waals surface area contributed by atoms with Crippen molar-refractivity contribution in [1.82, 2.24) is 4.90 Å². The minimum absolute atomic E-state index is 0.0414. The molecule has 0 aliphatic rings. The third kappa shape index (κ3) is 5.52. The number of carbonyl (C=O) groups excluding carboxylic acids is 2. The van der Waals surface area contributed by atoms with Crippen molar-refractivity contribution in [2.45, 2.75) is 26.4 Å². The van der Waals surface area contributed by atoms with Crippen LogP contribution >= 0.6 is 0 Å². The zero-order valence-electron chi connectivity index (χ0n) is 18.8. The predicted molar refractivity (Wildman–Crippen MR) is 126 cm³/mol. The number of nitrogens with one attached hydrogen (secondary N) is 1. The van der Waals surface area contributed by atoms with E-state index in [-0.39, 0.29) is 17.5 Å². The van der Waals surface area contributed by atoms with Gasteiger partial charge in [0, 0.05) is 44.5 Å². The van der Waals surface area contributed by atoms with Crippen LogP contribution in [0.1, 0.15) is 41.4 Å². The fourth-order valence-electron chi connectivity index (χ4n) is 3.68. The Bertz CT molecular complexity index is 1100. The van der Waals surface area contributed by atoms with Crippen LogP contribution in [0.15, 0.2) is 72.8 Å². The first-order valence-electron chi connectivity index (χ1n) is 10.5. The van der Waals surface area contributed by atoms with Crippen LogP contribution in [0.4, 0.5) is 15.8 Å². The van der Waals surface area contributed by atoms with E-state index in [1.807, 2.05) is 68.4 Å². The molecule has 6 heteroatoms. The second-order valence-electron chi connectivity index (χ2n) is 7.94. The first-order chi connectivity index (χ1) is 15.3. The molecule has 0 radical (unpaired) electrons. The lowest BCUT2D eigenvalue weighted by Crippen LogP contribution is -2.31. The van der Waals surface area contributed by atoms with Gasteiger partial charge in [0.2, 0.25) is 5.91 Å². The summed E-state index contributed by atoms with van der Waals surface area (Å²) in [6.07, 6.45) is 0. The van der Waals surface area contributed by atoms with Gasteiger partial charge in [-0.25, -0.2) is 4.39 Å². The molecule has 3 rings (SSSR count). The monoisotopic (exact) mass is 433 g/mol. The Balaban J connectivity index is 1.89. The van der Waals surface area contributed by atoms with E-state index in [0.717, 1.165) is 16.8 Å². The van der Waals surface area contributed by atoms with E-state index in [1.54, 1.807) is 24.0 Å². The number of hydrogen-bond donors (Lipinski definition) is 1. The van der Waals surface area contributed by atoms with Gasteiger partial charge in [0.1, 0.15) is 5.82 Å². The number of anilines is 2. The lowest BCUT2D eigenvalue weighted by atomic mass is 10.0. The minimum atomic E-state index is -0.465. The number of amides is 2. The first-order valence-corrected chi connectivity index (χ1v) is 10.5. The van der Waals surface area contributed by atoms with Crippen molar-refractivity contribution in [3.05, 3.63) is 95.3 Å². The summed E-state index contributed by atoms with van der Waals surface area (Å²) >= 11 is 0. The minimum Gasteiger partial charge on any atom is -0.377 e. The molecule has 0 bridgehead atoms. The van der Waals surface area contributed by atoms with Crippen molar-refractivity contribution in [1.29, 1.82) is 0 Å². The van der Waals surface area contributed by atoms with E-state index in [9.17, 15) is 14.0 Å². The summed E-state index contributed by atoms with van der Waals surface area (Å²) in [6.45, 7) is 3.94. The molecule has 3 aromatic carbocycles. The smallest absolute Gasteiger partial charge is 0.255 e. The molecule has 166 valence electrons. The van der Waals surface area contributed by atoms with Crippen molar-refractivity contribution < 1.29 is 14.0 Å². The highest BCUT2D eigenvalue weighted by atomic mass is 19.1. The van der Waals surface area contributed by atoms with Crippen LogP contribution in [-0.4, -0.2) is 30.8 Å². The van der Waals surface area contributed by atoms with Crippen molar-refractivity contribution >= 4 is 23.2 Å². The molecular formula is C26H28FN3O2. The van der Waals surface area contributed by atoms with Gasteiger partial charge >= 0.3 is 0 Å². The van der Waals surface area contributed by atoms with Gasteiger partial charge in [-0.1, -0.05) is 36.4 Å². The van der Waals surface area contributed by atoms with Gasteiger partial charge < -0.3 is 15.1 Å². The number of carbonyl (C=O) groups is 2. The van der Waals surface area contributed by atoms with E-state index in [1.165, 1.54) is 18.2 Å². The molecular weight excluding hydrogens is 405 g/mol. The second kappa shape index (κ2) is 10.1. The molecule has 0 heterocycles. The summed E-state index contributed by atoms with van der Waals surface area (Å²) in [6, 6.07) is 20.9. The van der Waals surface area contributed by atoms with Crippen LogP contribution in [0, 0.1) is 5.82 Å². The molecule has 1 N–H and O–H groups in total. The van der Waals surface area contributed by atoms with E-state index >= 15 is 0 Å². The maximum atomic E-state index is 13.5. The molecule has 0 spiro atoms. The molecule has 0 aliphatic heterocycles. The molecule has 2 amide bonds. The fraction of sp³-hybridized carbons (Fsp3) is 0.231. The summed E-state index contributed by atoms with van der Waals surface area (Å²) in [4.78, 5) is 28.9. The Labute approximate surface area is 188 Å². The SMILES string of the molecule is CC(=O)N(Cc1cc(NC(=O)c2cccc(F)c2)ccc1N(C)C)C(C)c1ccccc1. The maximum Gasteiger partial charge on any atom is 0.255 e. The lowest BCUT2D eigenvalue weighted by Gasteiger charge is -2.30. The van der Waals surface area contributed by atoms with Gasteiger partial charge in [0.05, 0.1) is 6.04 Å². The highest BCUT2D eigenvalue weighted by molar-refractivity contribution is 6.04. The summed E-state index contributed by atoms with van der Waals surface area (Å²) in [5.41, 5.74) is 3.71. The number of hydrogen-bond acceptors (Lipinski definition) is 3. The largest absolute Gasteiger partial charge is 0.377 e. The van der Waals surface area contributed by atoms with Gasteiger partial charge in [-0.2, -0.15) is 0 Å². The number of halogens is 1. The molecule has 5 nitrogen and oxygen atoms in total. The molecule has 32 heavy (non-hydrogen) atoms. The van der Waals surface area contributed by atoms with Crippen LogP contribution in [0.2, 0.25) is 0 Å². The highest BCUT2D eigenvalue weighted by Crippen LogP contribution is 2.29. The average Bonchev–Trinajstić information content (AvgIpc) is 2.77. The normalized spacial score (nSPS) is 11.5. The molecule has 0 saturated carbocycles. The average molecular weight is 434 g/mol. The topological polar surface area (TPSA) is 52.7 Å². The van der Waals surface area contributed by atoms with E-state index in [2.05, 4.69) is 5.32 Å². The first kappa shape index (κ1) is 23.0. The van der Waals surface area contributed by atoms with Crippen molar-refractivity contribution in [2.24, 2.45) is 0 Å². The number of benzene rings is 3. The van der Waals surface area contributed by atoms with Gasteiger partial charge in [-0.3, -0.25) is 9.59 Å². The van der Waals surface area contributed by atoms with Crippen LogP contribution in [0.5, 0.6) is 0 Å². The second-order valence-corrected chi connectivity index (χ2v) is 7.94. The highest BCUT2D eigenvalue weighted by Gasteiger charge is 2.21. The van der Waals surface area contributed by atoms with Gasteiger partial charge in [-0.05, 0) is 54.4 Å². The summed E-state index contributed by atoms with van der Waals surface area (Å²) < 4.78 is 13.5. The predicted octanol–water partition coefficient (Wildman–Crippen LogP) is 5.25. The Kier molecular flexibility index (Phi) is 7.25. The van der Waals surface area contributed by atoms with Crippen molar-refractivity contribution in [2.75, 3.05) is 24.3 Å². The Morgan fingerprint density at radius 3 is 2.31 bits per heavy atom. The summed E-state index contributed by atoms with van der Waals surface area (Å²) in [7, 11) is 3.87. The molecule has 1 unspecified atom stereocenters. The van der Waals surface area contributed by atoms with Crippen molar-refractivity contribution in [3.63, 3.8) is 0 Å². The quantitative estimate of drug-likeness (QED) is 0.553. The zero-order valence-corrected chi connectivity index (χ0v) is 18.8. The van der Waals surface area contributed by atoms with Crippen LogP contribution in [0.3, 0.4) is 0 Å². The zero-order chi connectivity index (χ0) is 23.3. The Morgan fingerprint density at radius 1 is 0.969 bits per heavy atom. The van der Waals surface area contributed by atoms with E-state index in [4.69, 9.17) is 0 Å². The Hall–Kier alpha value is -3.67. The van der Waals surface area contributed by atoms with Crippen LogP contribution in [0.25, 0.3) is 0 Å². The summed E-state index contributed by atoms with van der Waals surface area (Å²) in [5.74, 6) is -0.900. The Morgan fingerprint density at radius 2 is 1.69 bits per heavy atom. The number of rotatable bonds is 7. The third-order valence-electron chi connectivity index (χ3n) is 5.40. The number of nitrogens with zero attached hydrogens (tertiary/aromatic N) is 2. The van der Waals surface area contributed by atoms with E-state index in [0.29, 0.717) is 12.2 Å². The van der Waals surface area contributed by atoms with Crippen LogP contribution < -0.4 is 10.2 Å². The van der Waals surface area contributed by atoms with Crippen LogP contribution in [-0.2, 0) is 11.3 Å². The van der Waals surface area contributed by atoms with Gasteiger partial charge in [-0.15, -0.1) is 0 Å². The van der Waals surface area contributed by atoms with Gasteiger partial charge in [0.15, 0.2) is 0 Å². The standard InChI is InChI=1S/C26H28FN3O2/c1-18(20-9-6-5-7-10-20)30(19(2)31)17-22-16-24(13-14-25(22)29(3)4)28-26(32)21-11-8-12-23(27)15-21/h5-16,18H,17H2,1-4H3,(H,28,32).